The number of aliphatic imine (C=N–C) groups is 1. The number of hydrogen-bond donors (Lipinski definition) is 1. The molecular weight excluding hydrogens is 416 g/mol. The molecule has 0 spiro atoms. The molecule has 1 heterocycles. The smallest absolute Gasteiger partial charge is 0.290 e. The van der Waals surface area contributed by atoms with E-state index in [1.165, 1.54) is 24.3 Å². The summed E-state index contributed by atoms with van der Waals surface area (Å²) in [5, 5.41) is 16.2. The second-order valence-electron chi connectivity index (χ2n) is 6.35. The molecule has 0 bridgehead atoms. The fourth-order valence-electron chi connectivity index (χ4n) is 2.97. The van der Waals surface area contributed by atoms with E-state index in [9.17, 15) is 18.5 Å². The van der Waals surface area contributed by atoms with E-state index in [0.717, 1.165) is 22.6 Å². The van der Waals surface area contributed by atoms with Crippen LogP contribution in [0.15, 0.2) is 58.4 Å². The summed E-state index contributed by atoms with van der Waals surface area (Å²) in [5.74, 6) is 0. The normalized spacial score (nSPS) is 11.9. The minimum absolute atomic E-state index is 0.0369. The lowest BCUT2D eigenvalue weighted by Crippen LogP contribution is -2.12. The van der Waals surface area contributed by atoms with Gasteiger partial charge in [-0.2, -0.15) is 0 Å². The van der Waals surface area contributed by atoms with E-state index in [0.29, 0.717) is 5.69 Å². The lowest BCUT2D eigenvalue weighted by molar-refractivity contribution is -0.384. The van der Waals surface area contributed by atoms with Crippen molar-refractivity contribution in [1.82, 2.24) is 4.57 Å². The Morgan fingerprint density at radius 2 is 1.79 bits per heavy atom. The standard InChI is InChI=1S/C19H17ClN4O4S/c1-12-9-14(11-22-15-3-8-18(20)19(10-15)24(25)26)13(2)23(12)16-4-6-17(7-5-16)29(21,27)28/h3-11H,1-2H3,(H2,21,27,28). The molecule has 10 heteroatoms. The number of aryl methyl sites for hydroxylation is 1. The van der Waals surface area contributed by atoms with Gasteiger partial charge in [0.05, 0.1) is 15.5 Å². The van der Waals surface area contributed by atoms with Gasteiger partial charge >= 0.3 is 0 Å². The van der Waals surface area contributed by atoms with Crippen molar-refractivity contribution in [3.05, 3.63) is 80.6 Å². The van der Waals surface area contributed by atoms with Crippen LogP contribution in [0.3, 0.4) is 0 Å². The highest BCUT2D eigenvalue weighted by molar-refractivity contribution is 7.89. The lowest BCUT2D eigenvalue weighted by Gasteiger charge is -2.10. The Hall–Kier alpha value is -3.01. The number of nitrogens with two attached hydrogens (primary N) is 1. The van der Waals surface area contributed by atoms with Crippen LogP contribution >= 0.6 is 11.6 Å². The number of primary sulfonamides is 1. The van der Waals surface area contributed by atoms with Crippen LogP contribution in [0.25, 0.3) is 5.69 Å². The van der Waals surface area contributed by atoms with Crippen molar-refractivity contribution in [3.63, 3.8) is 0 Å². The first-order valence-corrected chi connectivity index (χ1v) is 10.3. The molecule has 0 radical (unpaired) electrons. The van der Waals surface area contributed by atoms with Gasteiger partial charge in [-0.3, -0.25) is 15.1 Å². The number of nitro groups is 1. The van der Waals surface area contributed by atoms with Gasteiger partial charge in [-0.1, -0.05) is 11.6 Å². The van der Waals surface area contributed by atoms with Crippen molar-refractivity contribution < 1.29 is 13.3 Å². The van der Waals surface area contributed by atoms with Gasteiger partial charge in [0.2, 0.25) is 10.0 Å². The molecule has 29 heavy (non-hydrogen) atoms. The van der Waals surface area contributed by atoms with E-state index in [-0.39, 0.29) is 15.6 Å². The average Bonchev–Trinajstić information content (AvgIpc) is 2.93. The second kappa shape index (κ2) is 7.78. The van der Waals surface area contributed by atoms with Crippen molar-refractivity contribution in [2.45, 2.75) is 18.7 Å². The predicted molar refractivity (Wildman–Crippen MR) is 112 cm³/mol. The van der Waals surface area contributed by atoms with Crippen LogP contribution in [-0.4, -0.2) is 24.1 Å². The highest BCUT2D eigenvalue weighted by Gasteiger charge is 2.14. The van der Waals surface area contributed by atoms with Gasteiger partial charge in [-0.15, -0.1) is 0 Å². The molecular formula is C19H17ClN4O4S. The minimum atomic E-state index is -3.76. The molecule has 0 aliphatic heterocycles. The number of benzene rings is 2. The van der Waals surface area contributed by atoms with Gasteiger partial charge in [0.1, 0.15) is 5.02 Å². The summed E-state index contributed by atoms with van der Waals surface area (Å²) in [4.78, 5) is 14.8. The predicted octanol–water partition coefficient (Wildman–Crippen LogP) is 4.05. The third kappa shape index (κ3) is 4.37. The van der Waals surface area contributed by atoms with E-state index in [2.05, 4.69) is 4.99 Å². The zero-order chi connectivity index (χ0) is 21.3. The minimum Gasteiger partial charge on any atom is -0.318 e. The number of sulfonamides is 1. The lowest BCUT2D eigenvalue weighted by atomic mass is 10.2. The van der Waals surface area contributed by atoms with Gasteiger partial charge in [0.25, 0.3) is 5.69 Å². The highest BCUT2D eigenvalue weighted by atomic mass is 35.5. The van der Waals surface area contributed by atoms with E-state index in [1.807, 2.05) is 24.5 Å². The monoisotopic (exact) mass is 432 g/mol. The van der Waals surface area contributed by atoms with Crippen molar-refractivity contribution in [2.75, 3.05) is 0 Å². The fourth-order valence-corrected chi connectivity index (χ4v) is 3.67. The number of aromatic nitrogens is 1. The Morgan fingerprint density at radius 1 is 1.14 bits per heavy atom. The molecule has 3 rings (SSSR count). The molecule has 0 aliphatic rings. The largest absolute Gasteiger partial charge is 0.318 e. The Balaban J connectivity index is 1.95. The second-order valence-corrected chi connectivity index (χ2v) is 8.32. The SMILES string of the molecule is Cc1cc(C=Nc2ccc(Cl)c([N+](=O)[O-])c2)c(C)n1-c1ccc(S(N)(=O)=O)cc1. The number of nitro benzene ring substituents is 1. The molecule has 0 saturated carbocycles. The van der Waals surface area contributed by atoms with Crippen LogP contribution in [0.1, 0.15) is 17.0 Å². The first-order chi connectivity index (χ1) is 13.6. The molecule has 0 amide bonds. The maximum absolute atomic E-state index is 11.4. The van der Waals surface area contributed by atoms with E-state index < -0.39 is 14.9 Å². The Labute approximate surface area is 172 Å². The third-order valence-electron chi connectivity index (χ3n) is 4.37. The maximum Gasteiger partial charge on any atom is 0.290 e. The zero-order valence-corrected chi connectivity index (χ0v) is 17.1. The first kappa shape index (κ1) is 20.7. The fraction of sp³-hybridized carbons (Fsp3) is 0.105. The molecule has 0 atom stereocenters. The maximum atomic E-state index is 11.4. The summed E-state index contributed by atoms with van der Waals surface area (Å²) < 4.78 is 24.8. The summed E-state index contributed by atoms with van der Waals surface area (Å²) in [7, 11) is -3.76. The summed E-state index contributed by atoms with van der Waals surface area (Å²) >= 11 is 5.82. The van der Waals surface area contributed by atoms with Crippen molar-refractivity contribution >= 4 is 39.2 Å². The third-order valence-corrected chi connectivity index (χ3v) is 5.62. The van der Waals surface area contributed by atoms with Crippen LogP contribution in [0.5, 0.6) is 0 Å². The Morgan fingerprint density at radius 3 is 2.38 bits per heavy atom. The van der Waals surface area contributed by atoms with Gasteiger partial charge in [-0.25, -0.2) is 13.6 Å². The quantitative estimate of drug-likeness (QED) is 0.371. The molecule has 0 unspecified atom stereocenters. The van der Waals surface area contributed by atoms with Crippen LogP contribution < -0.4 is 5.14 Å². The Kier molecular flexibility index (Phi) is 5.56. The Bertz CT molecular complexity index is 1230. The van der Waals surface area contributed by atoms with E-state index >= 15 is 0 Å². The molecule has 2 N–H and O–H groups in total. The topological polar surface area (TPSA) is 121 Å². The van der Waals surface area contributed by atoms with E-state index in [4.69, 9.17) is 16.7 Å². The van der Waals surface area contributed by atoms with Crippen molar-refractivity contribution in [3.8, 4) is 5.69 Å². The van der Waals surface area contributed by atoms with Crippen molar-refractivity contribution in [1.29, 1.82) is 0 Å². The number of rotatable bonds is 5. The first-order valence-electron chi connectivity index (χ1n) is 8.38. The summed E-state index contributed by atoms with van der Waals surface area (Å²) in [5.41, 5.74) is 3.57. The average molecular weight is 433 g/mol. The number of halogens is 1. The van der Waals surface area contributed by atoms with Crippen LogP contribution in [0.2, 0.25) is 5.02 Å². The molecule has 0 fully saturated rings. The molecule has 150 valence electrons. The molecule has 2 aromatic carbocycles. The molecule has 0 aliphatic carbocycles. The van der Waals surface area contributed by atoms with Gasteiger partial charge in [0.15, 0.2) is 0 Å². The summed E-state index contributed by atoms with van der Waals surface area (Å²) in [6.07, 6.45) is 1.62. The zero-order valence-electron chi connectivity index (χ0n) is 15.5. The summed E-state index contributed by atoms with van der Waals surface area (Å²) in [6, 6.07) is 12.5. The molecule has 0 saturated heterocycles. The van der Waals surface area contributed by atoms with Gasteiger partial charge in [0, 0.05) is 34.9 Å². The van der Waals surface area contributed by atoms with Crippen molar-refractivity contribution in [2.24, 2.45) is 10.1 Å². The number of nitrogens with zero attached hydrogens (tertiary/aromatic N) is 3. The van der Waals surface area contributed by atoms with Crippen LogP contribution in [0, 0.1) is 24.0 Å². The highest BCUT2D eigenvalue weighted by Crippen LogP contribution is 2.29. The summed E-state index contributed by atoms with van der Waals surface area (Å²) in [6.45, 7) is 3.80. The van der Waals surface area contributed by atoms with Crippen LogP contribution in [0.4, 0.5) is 11.4 Å². The molecule has 3 aromatic rings. The van der Waals surface area contributed by atoms with E-state index in [1.54, 1.807) is 24.4 Å². The van der Waals surface area contributed by atoms with Gasteiger partial charge in [-0.05, 0) is 56.3 Å². The van der Waals surface area contributed by atoms with Crippen LogP contribution in [-0.2, 0) is 10.0 Å². The number of hydrogen-bond acceptors (Lipinski definition) is 5. The van der Waals surface area contributed by atoms with Gasteiger partial charge < -0.3 is 4.57 Å². The molecule has 8 nitrogen and oxygen atoms in total. The molecule has 1 aromatic heterocycles.